The van der Waals surface area contributed by atoms with Gasteiger partial charge in [-0.1, -0.05) is 6.07 Å². The van der Waals surface area contributed by atoms with E-state index in [0.29, 0.717) is 5.69 Å². The average molecular weight is 195 g/mol. The van der Waals surface area contributed by atoms with Crippen molar-refractivity contribution in [2.45, 2.75) is 6.92 Å². The highest BCUT2D eigenvalue weighted by Crippen LogP contribution is 2.20. The third-order valence-electron chi connectivity index (χ3n) is 2.17. The molecule has 0 saturated heterocycles. The molecule has 0 fully saturated rings. The van der Waals surface area contributed by atoms with Crippen LogP contribution in [0.1, 0.15) is 11.4 Å². The Hall–Kier alpha value is -2.21. The smallest absolute Gasteiger partial charge is 0.140 e. The van der Waals surface area contributed by atoms with Crippen LogP contribution in [-0.2, 0) is 0 Å². The fourth-order valence-corrected chi connectivity index (χ4v) is 1.45. The zero-order chi connectivity index (χ0) is 10.7. The SMILES string of the molecule is Cc1nc(C#N)ccc1-c1cccnc1. The molecule has 0 amide bonds. The molecule has 15 heavy (non-hydrogen) atoms. The minimum Gasteiger partial charge on any atom is -0.264 e. The first-order chi connectivity index (χ1) is 7.31. The molecule has 0 aromatic carbocycles. The molecule has 0 aliphatic carbocycles. The molecule has 0 aliphatic rings. The van der Waals surface area contributed by atoms with Gasteiger partial charge in [-0.05, 0) is 25.1 Å². The van der Waals surface area contributed by atoms with Gasteiger partial charge in [-0.2, -0.15) is 5.26 Å². The minimum absolute atomic E-state index is 0.445. The number of rotatable bonds is 1. The van der Waals surface area contributed by atoms with Crippen LogP contribution in [0.3, 0.4) is 0 Å². The number of aryl methyl sites for hydroxylation is 1. The topological polar surface area (TPSA) is 49.6 Å². The van der Waals surface area contributed by atoms with Gasteiger partial charge in [-0.3, -0.25) is 4.98 Å². The van der Waals surface area contributed by atoms with Crippen LogP contribution in [0.5, 0.6) is 0 Å². The third-order valence-corrected chi connectivity index (χ3v) is 2.17. The van der Waals surface area contributed by atoms with Crippen LogP contribution in [0.4, 0.5) is 0 Å². The van der Waals surface area contributed by atoms with E-state index in [1.54, 1.807) is 18.5 Å². The number of hydrogen-bond acceptors (Lipinski definition) is 3. The second kappa shape index (κ2) is 3.89. The molecule has 0 radical (unpaired) electrons. The lowest BCUT2D eigenvalue weighted by atomic mass is 10.1. The Bertz CT molecular complexity index is 512. The minimum atomic E-state index is 0.445. The Labute approximate surface area is 88.1 Å². The summed E-state index contributed by atoms with van der Waals surface area (Å²) >= 11 is 0. The van der Waals surface area contributed by atoms with Crippen molar-refractivity contribution in [1.29, 1.82) is 5.26 Å². The Morgan fingerprint density at radius 1 is 1.27 bits per heavy atom. The van der Waals surface area contributed by atoms with Gasteiger partial charge in [0.05, 0.1) is 0 Å². The van der Waals surface area contributed by atoms with Crippen LogP contribution in [0, 0.1) is 18.3 Å². The molecule has 0 bridgehead atoms. The molecule has 0 aliphatic heterocycles. The summed E-state index contributed by atoms with van der Waals surface area (Å²) in [5, 5.41) is 8.70. The fraction of sp³-hybridized carbons (Fsp3) is 0.0833. The average Bonchev–Trinajstić information content (AvgIpc) is 2.30. The predicted octanol–water partition coefficient (Wildman–Crippen LogP) is 2.32. The highest BCUT2D eigenvalue weighted by molar-refractivity contribution is 5.64. The van der Waals surface area contributed by atoms with Crippen LogP contribution in [0.15, 0.2) is 36.7 Å². The first-order valence-corrected chi connectivity index (χ1v) is 4.59. The first kappa shape index (κ1) is 9.35. The number of nitriles is 1. The molecule has 2 aromatic rings. The van der Waals surface area contributed by atoms with Crippen LogP contribution in [0.2, 0.25) is 0 Å². The van der Waals surface area contributed by atoms with Crippen molar-refractivity contribution in [1.82, 2.24) is 9.97 Å². The summed E-state index contributed by atoms with van der Waals surface area (Å²) in [6.45, 7) is 1.89. The van der Waals surface area contributed by atoms with E-state index < -0.39 is 0 Å². The second-order valence-electron chi connectivity index (χ2n) is 3.18. The molecule has 0 unspecified atom stereocenters. The zero-order valence-electron chi connectivity index (χ0n) is 8.31. The van der Waals surface area contributed by atoms with E-state index >= 15 is 0 Å². The van der Waals surface area contributed by atoms with E-state index in [4.69, 9.17) is 5.26 Å². The molecule has 0 atom stereocenters. The van der Waals surface area contributed by atoms with E-state index in [1.807, 2.05) is 31.2 Å². The molecule has 3 nitrogen and oxygen atoms in total. The fourth-order valence-electron chi connectivity index (χ4n) is 1.45. The molecule has 0 saturated carbocycles. The van der Waals surface area contributed by atoms with Gasteiger partial charge in [0, 0.05) is 29.2 Å². The van der Waals surface area contributed by atoms with Crippen LogP contribution in [0.25, 0.3) is 11.1 Å². The van der Waals surface area contributed by atoms with E-state index in [9.17, 15) is 0 Å². The maximum atomic E-state index is 8.70. The monoisotopic (exact) mass is 195 g/mol. The van der Waals surface area contributed by atoms with Gasteiger partial charge in [0.25, 0.3) is 0 Å². The Balaban J connectivity index is 2.52. The molecule has 2 rings (SSSR count). The number of pyridine rings is 2. The second-order valence-corrected chi connectivity index (χ2v) is 3.18. The van der Waals surface area contributed by atoms with Crippen molar-refractivity contribution in [3.63, 3.8) is 0 Å². The normalized spacial score (nSPS) is 9.60. The largest absolute Gasteiger partial charge is 0.264 e. The molecule has 0 N–H and O–H groups in total. The highest BCUT2D eigenvalue weighted by atomic mass is 14.7. The molecule has 2 heterocycles. The molecular weight excluding hydrogens is 186 g/mol. The first-order valence-electron chi connectivity index (χ1n) is 4.59. The number of aromatic nitrogens is 2. The van der Waals surface area contributed by atoms with Crippen molar-refractivity contribution in [3.8, 4) is 17.2 Å². The van der Waals surface area contributed by atoms with Crippen molar-refractivity contribution in [2.24, 2.45) is 0 Å². The van der Waals surface area contributed by atoms with Crippen LogP contribution < -0.4 is 0 Å². The van der Waals surface area contributed by atoms with Gasteiger partial charge in [-0.25, -0.2) is 4.98 Å². The lowest BCUT2D eigenvalue weighted by Gasteiger charge is -2.04. The number of nitrogens with zero attached hydrogens (tertiary/aromatic N) is 3. The van der Waals surface area contributed by atoms with Crippen molar-refractivity contribution in [2.75, 3.05) is 0 Å². The molecular formula is C12H9N3. The predicted molar refractivity (Wildman–Crippen MR) is 56.9 cm³/mol. The summed E-state index contributed by atoms with van der Waals surface area (Å²) in [6.07, 6.45) is 3.52. The molecule has 3 heteroatoms. The molecule has 2 aromatic heterocycles. The lowest BCUT2D eigenvalue weighted by Crippen LogP contribution is -1.91. The highest BCUT2D eigenvalue weighted by Gasteiger charge is 2.03. The van der Waals surface area contributed by atoms with E-state index in [0.717, 1.165) is 16.8 Å². The third kappa shape index (κ3) is 1.84. The Kier molecular flexibility index (Phi) is 2.42. The number of hydrogen-bond donors (Lipinski definition) is 0. The van der Waals surface area contributed by atoms with Crippen molar-refractivity contribution in [3.05, 3.63) is 48.0 Å². The zero-order valence-corrected chi connectivity index (χ0v) is 8.31. The van der Waals surface area contributed by atoms with Crippen molar-refractivity contribution < 1.29 is 0 Å². The van der Waals surface area contributed by atoms with Gasteiger partial charge in [-0.15, -0.1) is 0 Å². The van der Waals surface area contributed by atoms with Gasteiger partial charge in [0.1, 0.15) is 11.8 Å². The Morgan fingerprint density at radius 2 is 2.13 bits per heavy atom. The van der Waals surface area contributed by atoms with Crippen LogP contribution in [-0.4, -0.2) is 9.97 Å². The van der Waals surface area contributed by atoms with E-state index in [-0.39, 0.29) is 0 Å². The van der Waals surface area contributed by atoms with E-state index in [2.05, 4.69) is 9.97 Å². The maximum absolute atomic E-state index is 8.70. The van der Waals surface area contributed by atoms with Gasteiger partial charge in [0.2, 0.25) is 0 Å². The van der Waals surface area contributed by atoms with Gasteiger partial charge in [0.15, 0.2) is 0 Å². The molecule has 0 spiro atoms. The quantitative estimate of drug-likeness (QED) is 0.701. The van der Waals surface area contributed by atoms with Crippen LogP contribution >= 0.6 is 0 Å². The van der Waals surface area contributed by atoms with Crippen molar-refractivity contribution >= 4 is 0 Å². The lowest BCUT2D eigenvalue weighted by molar-refractivity contribution is 1.16. The van der Waals surface area contributed by atoms with Gasteiger partial charge < -0.3 is 0 Å². The summed E-state index contributed by atoms with van der Waals surface area (Å²) in [5.41, 5.74) is 3.33. The summed E-state index contributed by atoms with van der Waals surface area (Å²) in [5.74, 6) is 0. The summed E-state index contributed by atoms with van der Waals surface area (Å²) in [6, 6.07) is 9.50. The Morgan fingerprint density at radius 3 is 2.73 bits per heavy atom. The maximum Gasteiger partial charge on any atom is 0.140 e. The summed E-state index contributed by atoms with van der Waals surface area (Å²) in [7, 11) is 0. The van der Waals surface area contributed by atoms with Gasteiger partial charge >= 0.3 is 0 Å². The standard InChI is InChI=1S/C12H9N3/c1-9-12(5-4-11(7-13)15-9)10-3-2-6-14-8-10/h2-6,8H,1H3. The molecule has 72 valence electrons. The summed E-state index contributed by atoms with van der Waals surface area (Å²) < 4.78 is 0. The summed E-state index contributed by atoms with van der Waals surface area (Å²) in [4.78, 5) is 8.23. The van der Waals surface area contributed by atoms with E-state index in [1.165, 1.54) is 0 Å².